The Morgan fingerprint density at radius 3 is 2.83 bits per heavy atom. The fourth-order valence-electron chi connectivity index (χ4n) is 2.28. The molecule has 18 heavy (non-hydrogen) atoms. The molecule has 0 aromatic heterocycles. The van der Waals surface area contributed by atoms with E-state index in [-0.39, 0.29) is 0 Å². The molecule has 1 N–H and O–H groups in total. The largest absolute Gasteiger partial charge is 0.454 e. The van der Waals surface area contributed by atoms with E-state index in [0.717, 1.165) is 24.6 Å². The summed E-state index contributed by atoms with van der Waals surface area (Å²) in [6.45, 7) is 4.64. The Labute approximate surface area is 109 Å². The molecule has 1 unspecified atom stereocenters. The molecular formula is C14H22N2O2. The van der Waals surface area contributed by atoms with Crippen molar-refractivity contribution in [3.05, 3.63) is 23.8 Å². The van der Waals surface area contributed by atoms with Gasteiger partial charge in [0.05, 0.1) is 0 Å². The summed E-state index contributed by atoms with van der Waals surface area (Å²) in [4.78, 5) is 2.34. The lowest BCUT2D eigenvalue weighted by Gasteiger charge is -2.23. The molecule has 0 spiro atoms. The monoisotopic (exact) mass is 250 g/mol. The zero-order valence-electron chi connectivity index (χ0n) is 11.4. The van der Waals surface area contributed by atoms with Gasteiger partial charge in [0.1, 0.15) is 0 Å². The summed E-state index contributed by atoms with van der Waals surface area (Å²) in [5, 5.41) is 3.36. The highest BCUT2D eigenvalue weighted by Gasteiger charge is 2.17. The molecule has 1 aliphatic rings. The van der Waals surface area contributed by atoms with Gasteiger partial charge in [-0.05, 0) is 44.8 Å². The van der Waals surface area contributed by atoms with E-state index in [2.05, 4.69) is 36.3 Å². The molecule has 1 aromatic carbocycles. The van der Waals surface area contributed by atoms with Gasteiger partial charge >= 0.3 is 0 Å². The van der Waals surface area contributed by atoms with E-state index in [0.29, 0.717) is 12.8 Å². The van der Waals surface area contributed by atoms with Crippen LogP contribution < -0.4 is 14.8 Å². The van der Waals surface area contributed by atoms with Gasteiger partial charge in [0.15, 0.2) is 11.5 Å². The minimum atomic E-state index is 0.316. The molecule has 1 atom stereocenters. The minimum Gasteiger partial charge on any atom is -0.454 e. The number of nitrogens with one attached hydrogen (secondary N) is 1. The Hall–Kier alpha value is -1.26. The molecule has 4 heteroatoms. The Kier molecular flexibility index (Phi) is 4.44. The van der Waals surface area contributed by atoms with Gasteiger partial charge in [-0.25, -0.2) is 0 Å². The first-order chi connectivity index (χ1) is 8.74. The topological polar surface area (TPSA) is 33.7 Å². The van der Waals surface area contributed by atoms with Crippen molar-refractivity contribution in [3.8, 4) is 11.5 Å². The van der Waals surface area contributed by atoms with Crippen LogP contribution in [0.5, 0.6) is 11.5 Å². The SMILES string of the molecule is CCCN(C)CC(NC)c1ccc2c(c1)OCO2. The second kappa shape index (κ2) is 6.07. The summed E-state index contributed by atoms with van der Waals surface area (Å²) in [7, 11) is 4.15. The summed E-state index contributed by atoms with van der Waals surface area (Å²) in [6.07, 6.45) is 1.17. The maximum absolute atomic E-state index is 5.42. The van der Waals surface area contributed by atoms with Crippen LogP contribution in [0.2, 0.25) is 0 Å². The van der Waals surface area contributed by atoms with Crippen molar-refractivity contribution in [1.29, 1.82) is 0 Å². The molecule has 1 aliphatic heterocycles. The molecule has 0 saturated heterocycles. The van der Waals surface area contributed by atoms with Gasteiger partial charge in [-0.15, -0.1) is 0 Å². The quantitative estimate of drug-likeness (QED) is 0.837. The Morgan fingerprint density at radius 2 is 2.11 bits per heavy atom. The van der Waals surface area contributed by atoms with Gasteiger partial charge in [0, 0.05) is 12.6 Å². The number of rotatable bonds is 6. The number of hydrogen-bond donors (Lipinski definition) is 1. The average molecular weight is 250 g/mol. The molecule has 100 valence electrons. The summed E-state index contributed by atoms with van der Waals surface area (Å²) < 4.78 is 10.8. The van der Waals surface area contributed by atoms with Crippen molar-refractivity contribution in [2.45, 2.75) is 19.4 Å². The van der Waals surface area contributed by atoms with E-state index < -0.39 is 0 Å². The van der Waals surface area contributed by atoms with E-state index in [1.165, 1.54) is 12.0 Å². The van der Waals surface area contributed by atoms with E-state index in [9.17, 15) is 0 Å². The van der Waals surface area contributed by atoms with Gasteiger partial charge in [-0.3, -0.25) is 0 Å². The minimum absolute atomic E-state index is 0.316. The predicted octanol–water partition coefficient (Wildman–Crippen LogP) is 2.02. The van der Waals surface area contributed by atoms with Gasteiger partial charge < -0.3 is 19.7 Å². The van der Waals surface area contributed by atoms with E-state index >= 15 is 0 Å². The van der Waals surface area contributed by atoms with Crippen LogP contribution in [0, 0.1) is 0 Å². The second-order valence-corrected chi connectivity index (χ2v) is 4.72. The Morgan fingerprint density at radius 1 is 1.33 bits per heavy atom. The lowest BCUT2D eigenvalue weighted by Crippen LogP contribution is -2.31. The number of ether oxygens (including phenoxy) is 2. The average Bonchev–Trinajstić information content (AvgIpc) is 2.83. The summed E-state index contributed by atoms with van der Waals surface area (Å²) in [5.74, 6) is 1.70. The fourth-order valence-corrected chi connectivity index (χ4v) is 2.28. The summed E-state index contributed by atoms with van der Waals surface area (Å²) >= 11 is 0. The number of likely N-dealkylation sites (N-methyl/N-ethyl adjacent to an activating group) is 2. The fraction of sp³-hybridized carbons (Fsp3) is 0.571. The molecule has 0 bridgehead atoms. The first kappa shape index (κ1) is 13.2. The normalized spacial score (nSPS) is 15.1. The van der Waals surface area contributed by atoms with Crippen LogP contribution in [0.3, 0.4) is 0 Å². The van der Waals surface area contributed by atoms with E-state index in [1.54, 1.807) is 0 Å². The van der Waals surface area contributed by atoms with Crippen molar-refractivity contribution < 1.29 is 9.47 Å². The molecule has 4 nitrogen and oxygen atoms in total. The van der Waals surface area contributed by atoms with Crippen LogP contribution in [0.15, 0.2) is 18.2 Å². The van der Waals surface area contributed by atoms with Gasteiger partial charge in [-0.1, -0.05) is 13.0 Å². The van der Waals surface area contributed by atoms with Crippen molar-refractivity contribution in [2.75, 3.05) is 34.0 Å². The van der Waals surface area contributed by atoms with Crippen LogP contribution in [0.25, 0.3) is 0 Å². The zero-order valence-corrected chi connectivity index (χ0v) is 11.4. The van der Waals surface area contributed by atoms with Crippen molar-refractivity contribution in [2.24, 2.45) is 0 Å². The number of benzene rings is 1. The highest BCUT2D eigenvalue weighted by atomic mass is 16.7. The third-order valence-corrected chi connectivity index (χ3v) is 3.25. The predicted molar refractivity (Wildman–Crippen MR) is 72.2 cm³/mol. The van der Waals surface area contributed by atoms with Crippen LogP contribution >= 0.6 is 0 Å². The van der Waals surface area contributed by atoms with Gasteiger partial charge in [-0.2, -0.15) is 0 Å². The number of hydrogen-bond acceptors (Lipinski definition) is 4. The standard InChI is InChI=1S/C14H22N2O2/c1-4-7-16(3)9-12(15-2)11-5-6-13-14(8-11)18-10-17-13/h5-6,8,12,15H,4,7,9-10H2,1-3H3. The summed E-state index contributed by atoms with van der Waals surface area (Å²) in [6, 6.07) is 6.48. The van der Waals surface area contributed by atoms with Crippen LogP contribution in [0.1, 0.15) is 24.9 Å². The van der Waals surface area contributed by atoms with E-state index in [1.807, 2.05) is 13.1 Å². The van der Waals surface area contributed by atoms with Crippen LogP contribution in [0.4, 0.5) is 0 Å². The van der Waals surface area contributed by atoms with Crippen LogP contribution in [-0.2, 0) is 0 Å². The third-order valence-electron chi connectivity index (χ3n) is 3.25. The Balaban J connectivity index is 2.07. The lowest BCUT2D eigenvalue weighted by atomic mass is 10.1. The lowest BCUT2D eigenvalue weighted by molar-refractivity contribution is 0.174. The van der Waals surface area contributed by atoms with Crippen molar-refractivity contribution in [1.82, 2.24) is 10.2 Å². The molecule has 0 radical (unpaired) electrons. The third kappa shape index (κ3) is 2.94. The Bertz CT molecular complexity index is 395. The zero-order chi connectivity index (χ0) is 13.0. The molecule has 0 aliphatic carbocycles. The molecule has 1 aromatic rings. The van der Waals surface area contributed by atoms with Gasteiger partial charge in [0.2, 0.25) is 6.79 Å². The number of fused-ring (bicyclic) bond motifs is 1. The molecule has 0 fully saturated rings. The van der Waals surface area contributed by atoms with E-state index in [4.69, 9.17) is 9.47 Å². The second-order valence-electron chi connectivity index (χ2n) is 4.72. The van der Waals surface area contributed by atoms with Crippen LogP contribution in [-0.4, -0.2) is 38.9 Å². The maximum atomic E-state index is 5.42. The molecular weight excluding hydrogens is 228 g/mol. The van der Waals surface area contributed by atoms with Crippen molar-refractivity contribution in [3.63, 3.8) is 0 Å². The number of nitrogens with zero attached hydrogens (tertiary/aromatic N) is 1. The van der Waals surface area contributed by atoms with Gasteiger partial charge in [0.25, 0.3) is 0 Å². The maximum Gasteiger partial charge on any atom is 0.231 e. The molecule has 0 amide bonds. The highest BCUT2D eigenvalue weighted by molar-refractivity contribution is 5.45. The smallest absolute Gasteiger partial charge is 0.231 e. The molecule has 2 rings (SSSR count). The van der Waals surface area contributed by atoms with Crippen molar-refractivity contribution >= 4 is 0 Å². The molecule has 1 heterocycles. The highest BCUT2D eigenvalue weighted by Crippen LogP contribution is 2.34. The first-order valence-electron chi connectivity index (χ1n) is 6.50. The summed E-state index contributed by atoms with van der Waals surface area (Å²) in [5.41, 5.74) is 1.24. The molecule has 0 saturated carbocycles. The first-order valence-corrected chi connectivity index (χ1v) is 6.50.